The van der Waals surface area contributed by atoms with Crippen LogP contribution >= 0.6 is 11.8 Å². The molecule has 0 bridgehead atoms. The quantitative estimate of drug-likeness (QED) is 0.382. The third-order valence-corrected chi connectivity index (χ3v) is 3.96. The zero-order chi connectivity index (χ0) is 16.1. The zero-order valence-corrected chi connectivity index (χ0v) is 12.7. The van der Waals surface area contributed by atoms with Gasteiger partial charge in [-0.1, -0.05) is 0 Å². The first-order valence-corrected chi connectivity index (χ1v) is 7.47. The second-order valence-electron chi connectivity index (χ2n) is 4.66. The van der Waals surface area contributed by atoms with Gasteiger partial charge in [0.15, 0.2) is 0 Å². The Hall–Kier alpha value is -2.54. The highest BCUT2D eigenvalue weighted by atomic mass is 32.2. The summed E-state index contributed by atoms with van der Waals surface area (Å²) >= 11 is 1.39. The molecule has 0 heterocycles. The number of nitrogens with one attached hydrogen (secondary N) is 1. The number of hydrogen-bond acceptors (Lipinski definition) is 5. The van der Waals surface area contributed by atoms with E-state index in [2.05, 4.69) is 5.32 Å². The van der Waals surface area contributed by atoms with Crippen LogP contribution in [0.5, 0.6) is 0 Å². The SMILES string of the molecule is Cc1cc([N+](=O)[O-])ccc1NC(=O)CSc1ccc(N)cc1. The lowest BCUT2D eigenvalue weighted by Gasteiger charge is -2.08. The highest BCUT2D eigenvalue weighted by molar-refractivity contribution is 8.00. The predicted molar refractivity (Wildman–Crippen MR) is 88.0 cm³/mol. The number of non-ortho nitro benzene ring substituents is 1. The number of nitrogen functional groups attached to an aromatic ring is 1. The van der Waals surface area contributed by atoms with Crippen molar-refractivity contribution >= 4 is 34.7 Å². The lowest BCUT2D eigenvalue weighted by molar-refractivity contribution is -0.384. The van der Waals surface area contributed by atoms with E-state index in [0.717, 1.165) is 4.90 Å². The lowest BCUT2D eigenvalue weighted by atomic mass is 10.2. The van der Waals surface area contributed by atoms with E-state index >= 15 is 0 Å². The van der Waals surface area contributed by atoms with Crippen molar-refractivity contribution in [2.24, 2.45) is 0 Å². The molecule has 0 atom stereocenters. The molecule has 6 nitrogen and oxygen atoms in total. The number of rotatable bonds is 5. The summed E-state index contributed by atoms with van der Waals surface area (Å²) in [5.74, 6) is 0.0825. The van der Waals surface area contributed by atoms with Crippen molar-refractivity contribution in [2.75, 3.05) is 16.8 Å². The van der Waals surface area contributed by atoms with Crippen LogP contribution in [0.2, 0.25) is 0 Å². The van der Waals surface area contributed by atoms with Crippen LogP contribution in [-0.2, 0) is 4.79 Å². The second kappa shape index (κ2) is 6.95. The van der Waals surface area contributed by atoms with E-state index in [9.17, 15) is 14.9 Å². The minimum atomic E-state index is -0.463. The molecule has 0 saturated carbocycles. The van der Waals surface area contributed by atoms with E-state index in [4.69, 9.17) is 5.73 Å². The van der Waals surface area contributed by atoms with Gasteiger partial charge in [-0.25, -0.2) is 0 Å². The molecule has 1 amide bonds. The molecule has 3 N–H and O–H groups in total. The van der Waals surface area contributed by atoms with Crippen LogP contribution in [0.3, 0.4) is 0 Å². The van der Waals surface area contributed by atoms with Crippen LogP contribution in [-0.4, -0.2) is 16.6 Å². The van der Waals surface area contributed by atoms with Crippen molar-refractivity contribution in [1.29, 1.82) is 0 Å². The summed E-state index contributed by atoms with van der Waals surface area (Å²) in [5.41, 5.74) is 7.51. The van der Waals surface area contributed by atoms with Crippen molar-refractivity contribution in [3.8, 4) is 0 Å². The zero-order valence-electron chi connectivity index (χ0n) is 11.9. The smallest absolute Gasteiger partial charge is 0.269 e. The van der Waals surface area contributed by atoms with Gasteiger partial charge in [-0.3, -0.25) is 14.9 Å². The molecule has 0 aromatic heterocycles. The fourth-order valence-corrected chi connectivity index (χ4v) is 2.50. The monoisotopic (exact) mass is 317 g/mol. The Bertz CT molecular complexity index is 702. The van der Waals surface area contributed by atoms with Gasteiger partial charge in [0.25, 0.3) is 5.69 Å². The summed E-state index contributed by atoms with van der Waals surface area (Å²) in [6, 6.07) is 11.6. The standard InChI is InChI=1S/C15H15N3O3S/c1-10-8-12(18(20)21)4-7-14(10)17-15(19)9-22-13-5-2-11(16)3-6-13/h2-8H,9,16H2,1H3,(H,17,19). The third kappa shape index (κ3) is 4.23. The van der Waals surface area contributed by atoms with Crippen LogP contribution in [0.25, 0.3) is 0 Å². The molecule has 0 spiro atoms. The van der Waals surface area contributed by atoms with Crippen molar-refractivity contribution in [1.82, 2.24) is 0 Å². The molecule has 7 heteroatoms. The highest BCUT2D eigenvalue weighted by Crippen LogP contribution is 2.23. The average molecular weight is 317 g/mol. The third-order valence-electron chi connectivity index (χ3n) is 2.94. The Labute approximate surface area is 131 Å². The van der Waals surface area contributed by atoms with E-state index < -0.39 is 4.92 Å². The molecule has 2 aromatic carbocycles. The normalized spacial score (nSPS) is 10.2. The highest BCUT2D eigenvalue weighted by Gasteiger charge is 2.10. The number of nitrogens with zero attached hydrogens (tertiary/aromatic N) is 1. The number of aryl methyl sites for hydroxylation is 1. The first-order chi connectivity index (χ1) is 10.5. The van der Waals surface area contributed by atoms with Gasteiger partial charge in [0.2, 0.25) is 5.91 Å². The molecule has 0 aliphatic heterocycles. The van der Waals surface area contributed by atoms with Gasteiger partial charge in [0, 0.05) is 28.4 Å². The minimum Gasteiger partial charge on any atom is -0.399 e. The number of nitrogens with two attached hydrogens (primary N) is 1. The molecule has 114 valence electrons. The van der Waals surface area contributed by atoms with Crippen LogP contribution in [0.4, 0.5) is 17.1 Å². The molecule has 22 heavy (non-hydrogen) atoms. The van der Waals surface area contributed by atoms with Crippen LogP contribution < -0.4 is 11.1 Å². The number of thioether (sulfide) groups is 1. The summed E-state index contributed by atoms with van der Waals surface area (Å²) in [5, 5.41) is 13.4. The number of benzene rings is 2. The van der Waals surface area contributed by atoms with E-state index in [1.54, 1.807) is 25.1 Å². The molecular weight excluding hydrogens is 302 g/mol. The van der Waals surface area contributed by atoms with E-state index in [-0.39, 0.29) is 17.3 Å². The summed E-state index contributed by atoms with van der Waals surface area (Å²) in [7, 11) is 0. The number of nitro groups is 1. The molecule has 2 aromatic rings. The van der Waals surface area contributed by atoms with Gasteiger partial charge in [0.05, 0.1) is 10.7 Å². The summed E-state index contributed by atoms with van der Waals surface area (Å²) < 4.78 is 0. The van der Waals surface area contributed by atoms with Crippen molar-refractivity contribution < 1.29 is 9.72 Å². The van der Waals surface area contributed by atoms with E-state index in [0.29, 0.717) is 16.9 Å². The van der Waals surface area contributed by atoms with Gasteiger partial charge in [-0.2, -0.15) is 0 Å². The second-order valence-corrected chi connectivity index (χ2v) is 5.71. The van der Waals surface area contributed by atoms with Crippen molar-refractivity contribution in [3.63, 3.8) is 0 Å². The largest absolute Gasteiger partial charge is 0.399 e. The fourth-order valence-electron chi connectivity index (χ4n) is 1.80. The maximum Gasteiger partial charge on any atom is 0.269 e. The molecule has 0 aliphatic carbocycles. The number of anilines is 2. The summed E-state index contributed by atoms with van der Waals surface area (Å²) in [6.07, 6.45) is 0. The Morgan fingerprint density at radius 1 is 1.27 bits per heavy atom. The van der Waals surface area contributed by atoms with Crippen LogP contribution in [0.15, 0.2) is 47.4 Å². The van der Waals surface area contributed by atoms with E-state index in [1.165, 1.54) is 23.9 Å². The summed E-state index contributed by atoms with van der Waals surface area (Å²) in [4.78, 5) is 23.1. The molecule has 0 saturated heterocycles. The molecule has 0 fully saturated rings. The van der Waals surface area contributed by atoms with Crippen LogP contribution in [0, 0.1) is 17.0 Å². The fraction of sp³-hybridized carbons (Fsp3) is 0.133. The maximum atomic E-state index is 11.9. The van der Waals surface area contributed by atoms with Gasteiger partial charge >= 0.3 is 0 Å². The average Bonchev–Trinajstić information content (AvgIpc) is 2.48. The minimum absolute atomic E-state index is 0.00625. The van der Waals surface area contributed by atoms with Gasteiger partial charge in [0.1, 0.15) is 0 Å². The Morgan fingerprint density at radius 2 is 1.95 bits per heavy atom. The van der Waals surface area contributed by atoms with Gasteiger partial charge in [-0.15, -0.1) is 11.8 Å². The van der Waals surface area contributed by atoms with Gasteiger partial charge < -0.3 is 11.1 Å². The number of nitro benzene ring substituents is 1. The van der Waals surface area contributed by atoms with E-state index in [1.807, 2.05) is 12.1 Å². The number of carbonyl (C=O) groups is 1. The molecule has 2 rings (SSSR count). The summed E-state index contributed by atoms with van der Waals surface area (Å²) in [6.45, 7) is 1.72. The first kappa shape index (κ1) is 15.8. The first-order valence-electron chi connectivity index (χ1n) is 6.49. The number of carbonyl (C=O) groups excluding carboxylic acids is 1. The Kier molecular flexibility index (Phi) is 5.00. The number of amides is 1. The predicted octanol–water partition coefficient (Wildman–Crippen LogP) is 3.22. The lowest BCUT2D eigenvalue weighted by Crippen LogP contribution is -2.14. The topological polar surface area (TPSA) is 98.3 Å². The van der Waals surface area contributed by atoms with Crippen molar-refractivity contribution in [3.05, 3.63) is 58.1 Å². The maximum absolute atomic E-state index is 11.9. The van der Waals surface area contributed by atoms with Gasteiger partial charge in [-0.05, 0) is 42.8 Å². The van der Waals surface area contributed by atoms with Crippen LogP contribution in [0.1, 0.15) is 5.56 Å². The Balaban J connectivity index is 1.94. The molecular formula is C15H15N3O3S. The van der Waals surface area contributed by atoms with Crippen molar-refractivity contribution in [2.45, 2.75) is 11.8 Å². The Morgan fingerprint density at radius 3 is 2.55 bits per heavy atom. The molecule has 0 aliphatic rings. The number of hydrogen-bond donors (Lipinski definition) is 2. The molecule has 0 unspecified atom stereocenters. The molecule has 0 radical (unpaired) electrons.